The number of hydrogen-bond donors (Lipinski definition) is 1. The van der Waals surface area contributed by atoms with Gasteiger partial charge in [0.1, 0.15) is 5.75 Å². The quantitative estimate of drug-likeness (QED) is 0.370. The van der Waals surface area contributed by atoms with Crippen LogP contribution in [0.2, 0.25) is 0 Å². The molecule has 0 spiro atoms. The number of ether oxygens (including phenoxy) is 1. The number of methoxy groups -OCH3 is 1. The summed E-state index contributed by atoms with van der Waals surface area (Å²) in [6, 6.07) is 8.26. The second-order valence-electron chi connectivity index (χ2n) is 9.77. The molecule has 5 nitrogen and oxygen atoms in total. The highest BCUT2D eigenvalue weighted by molar-refractivity contribution is 5.83. The number of aryl methyl sites for hydroxylation is 1. The van der Waals surface area contributed by atoms with Crippen LogP contribution in [0.5, 0.6) is 5.75 Å². The van der Waals surface area contributed by atoms with Crippen LogP contribution in [0.4, 0.5) is 0 Å². The first-order valence-electron chi connectivity index (χ1n) is 13.0. The fourth-order valence-electron chi connectivity index (χ4n) is 5.41. The molecule has 1 aliphatic rings. The molecule has 5 heteroatoms. The predicted molar refractivity (Wildman–Crippen MR) is 136 cm³/mol. The van der Waals surface area contributed by atoms with Crippen molar-refractivity contribution in [1.82, 2.24) is 9.88 Å². The van der Waals surface area contributed by atoms with Crippen LogP contribution in [0.1, 0.15) is 76.7 Å². The summed E-state index contributed by atoms with van der Waals surface area (Å²) in [5.41, 5.74) is 7.87. The number of carbonyl (C=O) groups is 1. The standard InChI is InChI=1S/C28H43N3O2/c1-3-4-5-6-7-18-31-19-16-22(24(21-31)11-14-28(29)32)9-8-10-23-15-17-30-27-13-12-25(33-2)20-26(23)27/h12-13,15,17,20,22,24H,3-11,14,16,18-19,21H2,1-2H3,(H2,29,32)/t22-,24+/m1/s1. The summed E-state index contributed by atoms with van der Waals surface area (Å²) in [4.78, 5) is 18.6. The maximum absolute atomic E-state index is 11.5. The van der Waals surface area contributed by atoms with E-state index in [0.29, 0.717) is 18.3 Å². The zero-order valence-corrected chi connectivity index (χ0v) is 20.7. The van der Waals surface area contributed by atoms with Crippen molar-refractivity contribution in [1.29, 1.82) is 0 Å². The van der Waals surface area contributed by atoms with Gasteiger partial charge in [0.05, 0.1) is 12.6 Å². The zero-order chi connectivity index (χ0) is 23.5. The van der Waals surface area contributed by atoms with Gasteiger partial charge < -0.3 is 15.4 Å². The van der Waals surface area contributed by atoms with Crippen LogP contribution in [0.25, 0.3) is 10.9 Å². The van der Waals surface area contributed by atoms with E-state index in [2.05, 4.69) is 28.9 Å². The molecule has 2 N–H and O–H groups in total. The number of nitrogens with two attached hydrogens (primary N) is 1. The fraction of sp³-hybridized carbons (Fsp3) is 0.643. The Bertz CT molecular complexity index is 869. The minimum atomic E-state index is -0.164. The summed E-state index contributed by atoms with van der Waals surface area (Å²) in [5, 5.41) is 1.19. The van der Waals surface area contributed by atoms with Gasteiger partial charge in [0.2, 0.25) is 5.91 Å². The van der Waals surface area contributed by atoms with E-state index in [0.717, 1.165) is 37.1 Å². The van der Waals surface area contributed by atoms with Gasteiger partial charge in [0.25, 0.3) is 0 Å². The van der Waals surface area contributed by atoms with Crippen molar-refractivity contribution in [3.63, 3.8) is 0 Å². The van der Waals surface area contributed by atoms with Crippen molar-refractivity contribution >= 4 is 16.8 Å². The first-order chi connectivity index (χ1) is 16.1. The Balaban J connectivity index is 1.54. The monoisotopic (exact) mass is 453 g/mol. The molecule has 1 fully saturated rings. The molecule has 1 amide bonds. The van der Waals surface area contributed by atoms with Crippen molar-refractivity contribution in [3.8, 4) is 5.75 Å². The number of piperidine rings is 1. The summed E-state index contributed by atoms with van der Waals surface area (Å²) in [5.74, 6) is 1.98. The molecule has 0 radical (unpaired) electrons. The van der Waals surface area contributed by atoms with Crippen LogP contribution in [0, 0.1) is 11.8 Å². The number of benzene rings is 1. The number of amides is 1. The lowest BCUT2D eigenvalue weighted by Crippen LogP contribution is -2.41. The Morgan fingerprint density at radius 2 is 1.97 bits per heavy atom. The lowest BCUT2D eigenvalue weighted by molar-refractivity contribution is -0.118. The van der Waals surface area contributed by atoms with Gasteiger partial charge >= 0.3 is 0 Å². The number of fused-ring (bicyclic) bond motifs is 1. The van der Waals surface area contributed by atoms with Crippen LogP contribution >= 0.6 is 0 Å². The Labute approximate surface area is 200 Å². The molecule has 33 heavy (non-hydrogen) atoms. The van der Waals surface area contributed by atoms with E-state index in [4.69, 9.17) is 10.5 Å². The van der Waals surface area contributed by atoms with Gasteiger partial charge in [-0.2, -0.15) is 0 Å². The minimum absolute atomic E-state index is 0.164. The molecular formula is C28H43N3O2. The number of nitrogens with zero attached hydrogens (tertiary/aromatic N) is 2. The molecule has 2 atom stereocenters. The van der Waals surface area contributed by atoms with Crippen molar-refractivity contribution in [3.05, 3.63) is 36.0 Å². The Hall–Kier alpha value is -2.14. The normalized spacial score (nSPS) is 19.1. The first kappa shape index (κ1) is 25.5. The Morgan fingerprint density at radius 1 is 1.12 bits per heavy atom. The third-order valence-electron chi connectivity index (χ3n) is 7.37. The van der Waals surface area contributed by atoms with Crippen molar-refractivity contribution in [2.24, 2.45) is 17.6 Å². The Kier molecular flexibility index (Phi) is 10.5. The van der Waals surface area contributed by atoms with E-state index in [-0.39, 0.29) is 5.91 Å². The molecule has 3 rings (SSSR count). The lowest BCUT2D eigenvalue weighted by atomic mass is 9.79. The summed E-state index contributed by atoms with van der Waals surface area (Å²) >= 11 is 0. The van der Waals surface area contributed by atoms with Gasteiger partial charge in [-0.05, 0) is 93.3 Å². The van der Waals surface area contributed by atoms with Gasteiger partial charge in [0, 0.05) is 24.5 Å². The summed E-state index contributed by atoms with van der Waals surface area (Å²) in [6.07, 6.45) is 14.7. The smallest absolute Gasteiger partial charge is 0.217 e. The zero-order valence-electron chi connectivity index (χ0n) is 20.7. The molecule has 1 aromatic heterocycles. The number of likely N-dealkylation sites (tertiary alicyclic amines) is 1. The van der Waals surface area contributed by atoms with E-state index in [1.165, 1.54) is 69.0 Å². The number of carbonyl (C=O) groups excluding carboxylic acids is 1. The van der Waals surface area contributed by atoms with Gasteiger partial charge in [-0.1, -0.05) is 32.6 Å². The number of pyridine rings is 1. The SMILES string of the molecule is CCCCCCCN1CC[C@@H](CCCc2ccnc3ccc(OC)cc23)[C@@H](CCC(N)=O)C1. The highest BCUT2D eigenvalue weighted by Gasteiger charge is 2.28. The van der Waals surface area contributed by atoms with Crippen LogP contribution in [0.3, 0.4) is 0 Å². The van der Waals surface area contributed by atoms with Crippen LogP contribution < -0.4 is 10.5 Å². The van der Waals surface area contributed by atoms with Crippen molar-refractivity contribution in [2.45, 2.75) is 77.6 Å². The molecule has 0 unspecified atom stereocenters. The van der Waals surface area contributed by atoms with Crippen molar-refractivity contribution < 1.29 is 9.53 Å². The highest BCUT2D eigenvalue weighted by Crippen LogP contribution is 2.32. The second kappa shape index (κ2) is 13.5. The number of rotatable bonds is 14. The summed E-state index contributed by atoms with van der Waals surface area (Å²) in [7, 11) is 1.71. The minimum Gasteiger partial charge on any atom is -0.497 e. The molecule has 2 heterocycles. The topological polar surface area (TPSA) is 68.5 Å². The molecule has 1 saturated heterocycles. The third kappa shape index (κ3) is 7.99. The number of primary amides is 1. The molecule has 2 aromatic rings. The van der Waals surface area contributed by atoms with Gasteiger partial charge in [-0.25, -0.2) is 0 Å². The van der Waals surface area contributed by atoms with E-state index in [9.17, 15) is 4.79 Å². The van der Waals surface area contributed by atoms with Gasteiger partial charge in [-0.3, -0.25) is 9.78 Å². The van der Waals surface area contributed by atoms with Crippen molar-refractivity contribution in [2.75, 3.05) is 26.7 Å². The van der Waals surface area contributed by atoms with E-state index in [1.54, 1.807) is 7.11 Å². The first-order valence-corrected chi connectivity index (χ1v) is 13.0. The van der Waals surface area contributed by atoms with E-state index < -0.39 is 0 Å². The molecule has 0 aliphatic carbocycles. The van der Waals surface area contributed by atoms with Crippen LogP contribution in [-0.2, 0) is 11.2 Å². The molecule has 1 aromatic carbocycles. The summed E-state index contributed by atoms with van der Waals surface area (Å²) in [6.45, 7) is 5.79. The number of hydrogen-bond acceptors (Lipinski definition) is 4. The van der Waals surface area contributed by atoms with Gasteiger partial charge in [-0.15, -0.1) is 0 Å². The molecule has 0 bridgehead atoms. The Morgan fingerprint density at radius 3 is 2.76 bits per heavy atom. The molecule has 0 saturated carbocycles. The number of aromatic nitrogens is 1. The highest BCUT2D eigenvalue weighted by atomic mass is 16.5. The second-order valence-corrected chi connectivity index (χ2v) is 9.77. The summed E-state index contributed by atoms with van der Waals surface area (Å²) < 4.78 is 5.42. The van der Waals surface area contributed by atoms with E-state index in [1.807, 2.05) is 18.3 Å². The lowest BCUT2D eigenvalue weighted by Gasteiger charge is -2.39. The average Bonchev–Trinajstić information content (AvgIpc) is 2.83. The largest absolute Gasteiger partial charge is 0.497 e. The van der Waals surface area contributed by atoms with Gasteiger partial charge in [0.15, 0.2) is 0 Å². The van der Waals surface area contributed by atoms with Crippen LogP contribution in [-0.4, -0.2) is 42.5 Å². The van der Waals surface area contributed by atoms with Crippen LogP contribution in [0.15, 0.2) is 30.5 Å². The maximum atomic E-state index is 11.5. The molecule has 182 valence electrons. The number of unbranched alkanes of at least 4 members (excludes halogenated alkanes) is 4. The molecule has 1 aliphatic heterocycles. The maximum Gasteiger partial charge on any atom is 0.217 e. The third-order valence-corrected chi connectivity index (χ3v) is 7.37. The fourth-order valence-corrected chi connectivity index (χ4v) is 5.41. The average molecular weight is 454 g/mol. The van der Waals surface area contributed by atoms with E-state index >= 15 is 0 Å². The predicted octanol–water partition coefficient (Wildman–Crippen LogP) is 5.74. The molecular weight excluding hydrogens is 410 g/mol.